The summed E-state index contributed by atoms with van der Waals surface area (Å²) in [5, 5.41) is 4.43. The van der Waals surface area contributed by atoms with Crippen LogP contribution >= 0.6 is 34.8 Å². The van der Waals surface area contributed by atoms with E-state index in [0.29, 0.717) is 20.6 Å². The molecule has 2 aromatic carbocycles. The van der Waals surface area contributed by atoms with Crippen LogP contribution in [-0.2, 0) is 27.3 Å². The maximum Gasteiger partial charge on any atom is 0.426 e. The molecule has 3 amide bonds. The Morgan fingerprint density at radius 3 is 2.44 bits per heavy atom. The third kappa shape index (κ3) is 5.32. The quantitative estimate of drug-likeness (QED) is 0.502. The Hall–Kier alpha value is -2.78. The first-order chi connectivity index (χ1) is 17.2. The molecule has 0 bridgehead atoms. The van der Waals surface area contributed by atoms with E-state index in [-0.39, 0.29) is 44.4 Å². The molecule has 2 heterocycles. The second-order valence-corrected chi connectivity index (χ2v) is 9.81. The maximum absolute atomic E-state index is 13.8. The predicted octanol–water partition coefficient (Wildman–Crippen LogP) is 4.24. The van der Waals surface area contributed by atoms with E-state index in [1.54, 1.807) is 46.3 Å². The normalized spacial score (nSPS) is 20.4. The summed E-state index contributed by atoms with van der Waals surface area (Å²) < 4.78 is 5.05. The summed E-state index contributed by atoms with van der Waals surface area (Å²) in [5.74, 6) is -0.513. The number of methoxy groups -OCH3 is 1. The number of ether oxygens (including phenoxy) is 1. The third-order valence-corrected chi connectivity index (χ3v) is 7.09. The fraction of sp³-hybridized carbons (Fsp3) is 0.320. The number of rotatable bonds is 6. The van der Waals surface area contributed by atoms with Gasteiger partial charge in [-0.25, -0.2) is 14.8 Å². The summed E-state index contributed by atoms with van der Waals surface area (Å²) in [6.45, 7) is 4.15. The largest absolute Gasteiger partial charge is 0.452 e. The molecule has 0 N–H and O–H groups in total. The second kappa shape index (κ2) is 11.1. The molecule has 2 aliphatic rings. The molecule has 11 heteroatoms. The summed E-state index contributed by atoms with van der Waals surface area (Å²) in [4.78, 5) is 43.2. The minimum absolute atomic E-state index is 0.0728. The molecule has 0 aromatic heterocycles. The van der Waals surface area contributed by atoms with E-state index in [0.717, 1.165) is 5.56 Å². The van der Waals surface area contributed by atoms with Crippen LogP contribution in [0.5, 0.6) is 0 Å². The molecule has 2 aromatic rings. The zero-order valence-electron chi connectivity index (χ0n) is 19.6. The lowest BCUT2D eigenvalue weighted by Gasteiger charge is -2.54. The highest BCUT2D eigenvalue weighted by atomic mass is 35.5. The van der Waals surface area contributed by atoms with Crippen LogP contribution in [-0.4, -0.2) is 76.7 Å². The van der Waals surface area contributed by atoms with Crippen molar-refractivity contribution in [1.29, 1.82) is 0 Å². The van der Waals surface area contributed by atoms with Gasteiger partial charge in [0, 0.05) is 34.6 Å². The Bertz CT molecular complexity index is 1180. The molecule has 2 atom stereocenters. The first kappa shape index (κ1) is 26.3. The Labute approximate surface area is 224 Å². The summed E-state index contributed by atoms with van der Waals surface area (Å²) in [6, 6.07) is 11.3. The summed E-state index contributed by atoms with van der Waals surface area (Å²) in [7, 11) is 1.28. The van der Waals surface area contributed by atoms with Crippen molar-refractivity contribution in [3.8, 4) is 0 Å². The molecule has 0 saturated carbocycles. The summed E-state index contributed by atoms with van der Waals surface area (Å²) in [5.41, 5.74) is 1.52. The predicted molar refractivity (Wildman–Crippen MR) is 137 cm³/mol. The highest BCUT2D eigenvalue weighted by Gasteiger charge is 2.51. The van der Waals surface area contributed by atoms with Gasteiger partial charge in [0.1, 0.15) is 12.2 Å². The van der Waals surface area contributed by atoms with Crippen LogP contribution in [0.2, 0.25) is 15.1 Å². The fourth-order valence-corrected chi connectivity index (χ4v) is 5.20. The van der Waals surface area contributed by atoms with Gasteiger partial charge < -0.3 is 14.5 Å². The van der Waals surface area contributed by atoms with Gasteiger partial charge >= 0.3 is 6.09 Å². The zero-order valence-corrected chi connectivity index (χ0v) is 21.8. The van der Waals surface area contributed by atoms with Crippen molar-refractivity contribution < 1.29 is 19.1 Å². The molecule has 1 unspecified atom stereocenters. The minimum Gasteiger partial charge on any atom is -0.452 e. The number of hydrazine groups is 1. The molecule has 0 spiro atoms. The zero-order chi connectivity index (χ0) is 26.0. The van der Waals surface area contributed by atoms with Crippen molar-refractivity contribution in [2.45, 2.75) is 25.2 Å². The number of halogens is 3. The number of benzene rings is 2. The molecule has 36 heavy (non-hydrogen) atoms. The lowest BCUT2D eigenvalue weighted by atomic mass is 9.98. The van der Waals surface area contributed by atoms with Gasteiger partial charge in [-0.1, -0.05) is 59.1 Å². The number of amides is 3. The van der Waals surface area contributed by atoms with Gasteiger partial charge in [-0.2, -0.15) is 0 Å². The number of piperazine rings is 1. The van der Waals surface area contributed by atoms with E-state index in [1.165, 1.54) is 17.0 Å². The van der Waals surface area contributed by atoms with E-state index in [2.05, 4.69) is 6.58 Å². The Balaban J connectivity index is 1.74. The number of carbonyl (C=O) groups is 3. The van der Waals surface area contributed by atoms with Crippen molar-refractivity contribution in [2.75, 3.05) is 26.7 Å². The number of carbonyl (C=O) groups excluding carboxylic acids is 3. The van der Waals surface area contributed by atoms with Gasteiger partial charge in [0.25, 0.3) is 0 Å². The average molecular weight is 552 g/mol. The number of fused-ring (bicyclic) bond motifs is 1. The molecule has 4 rings (SSSR count). The highest BCUT2D eigenvalue weighted by Crippen LogP contribution is 2.31. The third-order valence-electron chi connectivity index (χ3n) is 6.25. The number of hydrogen-bond donors (Lipinski definition) is 0. The van der Waals surface area contributed by atoms with E-state index < -0.39 is 18.3 Å². The molecule has 0 aliphatic carbocycles. The molecule has 2 fully saturated rings. The molecule has 0 radical (unpaired) electrons. The molecule has 190 valence electrons. The topological polar surface area (TPSA) is 73.4 Å². The van der Waals surface area contributed by atoms with E-state index >= 15 is 0 Å². The Morgan fingerprint density at radius 1 is 1.11 bits per heavy atom. The first-order valence-corrected chi connectivity index (χ1v) is 12.4. The van der Waals surface area contributed by atoms with Crippen LogP contribution in [0.3, 0.4) is 0 Å². The average Bonchev–Trinajstić information content (AvgIpc) is 2.84. The Morgan fingerprint density at radius 2 is 1.81 bits per heavy atom. The second-order valence-electron chi connectivity index (χ2n) is 8.53. The van der Waals surface area contributed by atoms with Crippen molar-refractivity contribution in [1.82, 2.24) is 19.8 Å². The van der Waals surface area contributed by atoms with Gasteiger partial charge in [0.2, 0.25) is 11.8 Å². The summed E-state index contributed by atoms with van der Waals surface area (Å²) >= 11 is 18.5. The molecule has 2 aliphatic heterocycles. The van der Waals surface area contributed by atoms with Crippen LogP contribution in [0.25, 0.3) is 0 Å². The monoisotopic (exact) mass is 550 g/mol. The molecular weight excluding hydrogens is 527 g/mol. The summed E-state index contributed by atoms with van der Waals surface area (Å²) in [6.07, 6.45) is 0.436. The standard InChI is InChI=1S/C25H25Cl3N4O4/c1-3-10-30-15-23(33)31-21(11-16-4-7-18(26)8-5-16)24(34)29(14-22(31)32(30)25(35)36-2)13-17-6-9-19(27)12-20(17)28/h3-9,12,21-22H,1,10-11,13-15H2,2H3/t21-,22?/m0/s1. The smallest absolute Gasteiger partial charge is 0.426 e. The van der Waals surface area contributed by atoms with Crippen LogP contribution in [0.1, 0.15) is 11.1 Å². The lowest BCUT2D eigenvalue weighted by Crippen LogP contribution is -2.75. The number of nitrogens with zero attached hydrogens (tertiary/aromatic N) is 4. The van der Waals surface area contributed by atoms with Crippen molar-refractivity contribution in [3.63, 3.8) is 0 Å². The van der Waals surface area contributed by atoms with E-state index in [1.807, 2.05) is 12.1 Å². The van der Waals surface area contributed by atoms with Crippen molar-refractivity contribution >= 4 is 52.7 Å². The van der Waals surface area contributed by atoms with Gasteiger partial charge in [-0.3, -0.25) is 9.59 Å². The van der Waals surface area contributed by atoms with Crippen molar-refractivity contribution in [3.05, 3.63) is 81.3 Å². The highest BCUT2D eigenvalue weighted by molar-refractivity contribution is 6.35. The first-order valence-electron chi connectivity index (χ1n) is 11.2. The minimum atomic E-state index is -0.846. The van der Waals surface area contributed by atoms with Crippen LogP contribution in [0, 0.1) is 0 Å². The lowest BCUT2D eigenvalue weighted by molar-refractivity contribution is -0.192. The SMILES string of the molecule is C=CCN1CC(=O)N2C(CN(Cc3ccc(Cl)cc3Cl)C(=O)[C@@H]2Cc2ccc(Cl)cc2)N1C(=O)OC. The van der Waals surface area contributed by atoms with Crippen LogP contribution in [0.15, 0.2) is 55.1 Å². The van der Waals surface area contributed by atoms with E-state index in [9.17, 15) is 14.4 Å². The molecule has 2 saturated heterocycles. The van der Waals surface area contributed by atoms with Crippen molar-refractivity contribution in [2.24, 2.45) is 0 Å². The van der Waals surface area contributed by atoms with Crippen LogP contribution < -0.4 is 0 Å². The van der Waals surface area contributed by atoms with Gasteiger partial charge in [-0.05, 0) is 35.4 Å². The Kier molecular flexibility index (Phi) is 8.10. The molecule has 8 nitrogen and oxygen atoms in total. The number of hydrogen-bond acceptors (Lipinski definition) is 5. The van der Waals surface area contributed by atoms with Gasteiger partial charge in [0.15, 0.2) is 0 Å². The van der Waals surface area contributed by atoms with Crippen LogP contribution in [0.4, 0.5) is 4.79 Å². The van der Waals surface area contributed by atoms with Gasteiger partial charge in [0.05, 0.1) is 20.2 Å². The van der Waals surface area contributed by atoms with E-state index in [4.69, 9.17) is 39.5 Å². The molecular formula is C25H25Cl3N4O4. The van der Waals surface area contributed by atoms with Gasteiger partial charge in [-0.15, -0.1) is 6.58 Å². The maximum atomic E-state index is 13.8. The fourth-order valence-electron chi connectivity index (χ4n) is 4.61.